The van der Waals surface area contributed by atoms with Crippen LogP contribution >= 0.6 is 0 Å². The minimum atomic E-state index is -4.84. The molecule has 4 rings (SSSR count). The Labute approximate surface area is 189 Å². The Morgan fingerprint density at radius 3 is 2.33 bits per heavy atom. The average Bonchev–Trinajstić information content (AvgIpc) is 2.78. The van der Waals surface area contributed by atoms with Crippen LogP contribution in [0.2, 0.25) is 0 Å². The van der Waals surface area contributed by atoms with E-state index in [9.17, 15) is 21.6 Å². The average molecular weight is 480 g/mol. The zero-order valence-corrected chi connectivity index (χ0v) is 18.6. The van der Waals surface area contributed by atoms with Crippen molar-refractivity contribution in [3.8, 4) is 5.75 Å². The van der Waals surface area contributed by atoms with Crippen LogP contribution in [0.4, 0.5) is 13.2 Å². The number of hydrogen-bond acceptors (Lipinski definition) is 6. The van der Waals surface area contributed by atoms with Crippen molar-refractivity contribution in [2.45, 2.75) is 24.2 Å². The third-order valence-electron chi connectivity index (χ3n) is 5.59. The van der Waals surface area contributed by atoms with Crippen molar-refractivity contribution >= 4 is 20.9 Å². The lowest BCUT2D eigenvalue weighted by molar-refractivity contribution is -0.274. The Hall–Kier alpha value is -2.76. The number of benzene rings is 1. The van der Waals surface area contributed by atoms with Crippen LogP contribution in [0, 0.1) is 13.8 Å². The number of piperazine rings is 1. The smallest absolute Gasteiger partial charge is 0.406 e. The van der Waals surface area contributed by atoms with Crippen molar-refractivity contribution in [1.29, 1.82) is 0 Å². The maximum absolute atomic E-state index is 12.9. The van der Waals surface area contributed by atoms with E-state index in [2.05, 4.69) is 21.5 Å². The lowest BCUT2D eigenvalue weighted by Crippen LogP contribution is -2.49. The van der Waals surface area contributed by atoms with Crippen molar-refractivity contribution < 1.29 is 26.3 Å². The standard InChI is InChI=1S/C22H22F3N4O3S/c1-15-19-7-8-20(27-21(19)9-10-26-15)16(2)28-11-13-29(14-12-28)33(30,31)18-5-3-17(4-6-18)32-22(23,24)25/h3-10,16H,2,11-14H2,1H3. The molecule has 1 unspecified atom stereocenters. The Morgan fingerprint density at radius 1 is 1.03 bits per heavy atom. The van der Waals surface area contributed by atoms with Crippen molar-refractivity contribution in [1.82, 2.24) is 19.2 Å². The number of hydrogen-bond donors (Lipinski definition) is 0. The van der Waals surface area contributed by atoms with Gasteiger partial charge in [-0.2, -0.15) is 4.31 Å². The summed E-state index contributed by atoms with van der Waals surface area (Å²) in [6, 6.07) is 9.66. The lowest BCUT2D eigenvalue weighted by Gasteiger charge is -2.37. The Balaban J connectivity index is 1.42. The number of aryl methyl sites for hydroxylation is 1. The van der Waals surface area contributed by atoms with Crippen LogP contribution in [0.3, 0.4) is 0 Å². The van der Waals surface area contributed by atoms with Crippen LogP contribution in [-0.2, 0) is 10.0 Å². The van der Waals surface area contributed by atoms with Gasteiger partial charge in [0.25, 0.3) is 0 Å². The van der Waals surface area contributed by atoms with E-state index in [1.807, 2.05) is 25.1 Å². The first-order chi connectivity index (χ1) is 15.5. The summed E-state index contributed by atoms with van der Waals surface area (Å²) in [7, 11) is -3.84. The third-order valence-corrected chi connectivity index (χ3v) is 7.50. The second kappa shape index (κ2) is 8.88. The highest BCUT2D eigenvalue weighted by atomic mass is 32.2. The van der Waals surface area contributed by atoms with Crippen LogP contribution in [0.5, 0.6) is 5.75 Å². The number of nitrogens with zero attached hydrogens (tertiary/aromatic N) is 4. The van der Waals surface area contributed by atoms with E-state index in [1.54, 1.807) is 6.20 Å². The molecule has 175 valence electrons. The molecule has 1 aliphatic rings. The number of pyridine rings is 2. The highest BCUT2D eigenvalue weighted by molar-refractivity contribution is 7.89. The molecule has 0 N–H and O–H groups in total. The first-order valence-electron chi connectivity index (χ1n) is 10.2. The summed E-state index contributed by atoms with van der Waals surface area (Å²) in [5.74, 6) is -0.472. The fraction of sp³-hybridized carbons (Fsp3) is 0.318. The van der Waals surface area contributed by atoms with Crippen molar-refractivity contribution in [3.63, 3.8) is 0 Å². The van der Waals surface area contributed by atoms with Crippen LogP contribution in [0.25, 0.3) is 10.9 Å². The normalized spacial score (nSPS) is 17.2. The zero-order chi connectivity index (χ0) is 23.8. The molecule has 3 heterocycles. The zero-order valence-electron chi connectivity index (χ0n) is 17.8. The molecule has 0 aliphatic carbocycles. The number of aromatic nitrogens is 2. The molecule has 33 heavy (non-hydrogen) atoms. The van der Waals surface area contributed by atoms with Gasteiger partial charge in [0.2, 0.25) is 10.0 Å². The molecular weight excluding hydrogens is 457 g/mol. The van der Waals surface area contributed by atoms with E-state index in [0.29, 0.717) is 13.1 Å². The second-order valence-electron chi connectivity index (χ2n) is 7.67. The summed E-state index contributed by atoms with van der Waals surface area (Å²) < 4.78 is 67.9. The molecule has 1 radical (unpaired) electrons. The Bertz CT molecular complexity index is 1240. The number of ether oxygens (including phenoxy) is 1. The molecule has 0 saturated carbocycles. The number of fused-ring (bicyclic) bond motifs is 1. The van der Waals surface area contributed by atoms with E-state index in [1.165, 1.54) is 4.31 Å². The van der Waals surface area contributed by atoms with Gasteiger partial charge >= 0.3 is 6.36 Å². The molecule has 0 amide bonds. The number of rotatable bonds is 5. The molecule has 7 nitrogen and oxygen atoms in total. The largest absolute Gasteiger partial charge is 0.573 e. The molecule has 1 fully saturated rings. The topological polar surface area (TPSA) is 75.6 Å². The van der Waals surface area contributed by atoms with Crippen LogP contribution in [0.1, 0.15) is 17.4 Å². The van der Waals surface area contributed by atoms with Gasteiger partial charge in [0.05, 0.1) is 22.1 Å². The van der Waals surface area contributed by atoms with E-state index in [0.717, 1.165) is 46.6 Å². The molecule has 1 aliphatic heterocycles. The fourth-order valence-corrected chi connectivity index (χ4v) is 5.23. The van der Waals surface area contributed by atoms with Gasteiger partial charge in [0.15, 0.2) is 0 Å². The van der Waals surface area contributed by atoms with Gasteiger partial charge in [-0.15, -0.1) is 13.2 Å². The van der Waals surface area contributed by atoms with Gasteiger partial charge in [0, 0.05) is 43.5 Å². The second-order valence-corrected chi connectivity index (χ2v) is 9.61. The predicted molar refractivity (Wildman–Crippen MR) is 116 cm³/mol. The summed E-state index contributed by atoms with van der Waals surface area (Å²) in [5, 5.41) is 0.969. The molecule has 0 bridgehead atoms. The fourth-order valence-electron chi connectivity index (χ4n) is 3.80. The summed E-state index contributed by atoms with van der Waals surface area (Å²) >= 11 is 0. The van der Waals surface area contributed by atoms with Gasteiger partial charge < -0.3 is 4.74 Å². The van der Waals surface area contributed by atoms with E-state index >= 15 is 0 Å². The van der Waals surface area contributed by atoms with Crippen molar-refractivity contribution in [2.75, 3.05) is 26.2 Å². The van der Waals surface area contributed by atoms with Gasteiger partial charge in [-0.05, 0) is 56.3 Å². The molecular formula is C22H22F3N4O3S. The Morgan fingerprint density at radius 2 is 1.70 bits per heavy atom. The monoisotopic (exact) mass is 479 g/mol. The maximum atomic E-state index is 12.9. The molecule has 3 aromatic rings. The van der Waals surface area contributed by atoms with E-state index < -0.39 is 22.1 Å². The Kier molecular flexibility index (Phi) is 6.30. The molecule has 0 spiro atoms. The predicted octanol–water partition coefficient (Wildman–Crippen LogP) is 3.72. The van der Waals surface area contributed by atoms with Crippen LogP contribution in [0.15, 0.2) is 53.6 Å². The summed E-state index contributed by atoms with van der Waals surface area (Å²) in [4.78, 5) is 10.9. The minimum Gasteiger partial charge on any atom is -0.406 e. The quantitative estimate of drug-likeness (QED) is 0.555. The molecule has 1 saturated heterocycles. The molecule has 11 heteroatoms. The van der Waals surface area contributed by atoms with Gasteiger partial charge in [-0.3, -0.25) is 14.9 Å². The molecule has 1 atom stereocenters. The minimum absolute atomic E-state index is 0.0863. The van der Waals surface area contributed by atoms with Gasteiger partial charge in [-0.25, -0.2) is 8.42 Å². The number of alkyl halides is 3. The summed E-state index contributed by atoms with van der Waals surface area (Å²) in [6.07, 6.45) is -3.13. The SMILES string of the molecule is [CH2]C(c1ccc2c(C)nccc2n1)N1CCN(S(=O)(=O)c2ccc(OC(F)(F)F)cc2)CC1. The van der Waals surface area contributed by atoms with Gasteiger partial charge in [-0.1, -0.05) is 0 Å². The number of halogens is 3. The number of sulfonamides is 1. The highest BCUT2D eigenvalue weighted by Crippen LogP contribution is 2.27. The summed E-state index contributed by atoms with van der Waals surface area (Å²) in [5.41, 5.74) is 2.50. The van der Waals surface area contributed by atoms with Crippen molar-refractivity contribution in [3.05, 3.63) is 67.0 Å². The van der Waals surface area contributed by atoms with E-state index in [-0.39, 0.29) is 24.0 Å². The molecule has 2 aromatic heterocycles. The van der Waals surface area contributed by atoms with Crippen molar-refractivity contribution in [2.24, 2.45) is 0 Å². The van der Waals surface area contributed by atoms with Gasteiger partial charge in [0.1, 0.15) is 5.75 Å². The molecule has 1 aromatic carbocycles. The highest BCUT2D eigenvalue weighted by Gasteiger charge is 2.33. The summed E-state index contributed by atoms with van der Waals surface area (Å²) in [6.45, 7) is 7.48. The first kappa shape index (κ1) is 23.4. The van der Waals surface area contributed by atoms with E-state index in [4.69, 9.17) is 4.98 Å². The lowest BCUT2D eigenvalue weighted by atomic mass is 10.1. The maximum Gasteiger partial charge on any atom is 0.573 e. The van der Waals surface area contributed by atoms with Crippen LogP contribution in [-0.4, -0.2) is 60.1 Å². The third kappa shape index (κ3) is 5.10. The first-order valence-corrected chi connectivity index (χ1v) is 11.6. The van der Waals surface area contributed by atoms with Crippen LogP contribution < -0.4 is 4.74 Å².